The first kappa shape index (κ1) is 16.9. The number of piperidine rings is 2. The van der Waals surface area contributed by atoms with Crippen LogP contribution in [0.2, 0.25) is 0 Å². The SMILES string of the molecule is NC(=O)C1[C@H]2CCCCN2C(=O)N1c1ccc(N2CCCCC2=O)cc1. The number of primary amides is 1. The summed E-state index contributed by atoms with van der Waals surface area (Å²) >= 11 is 0. The third kappa shape index (κ3) is 2.71. The van der Waals surface area contributed by atoms with Crippen molar-refractivity contribution in [2.45, 2.75) is 50.6 Å². The molecule has 2 atom stereocenters. The molecule has 138 valence electrons. The van der Waals surface area contributed by atoms with Gasteiger partial charge in [-0.05, 0) is 56.4 Å². The molecule has 3 aliphatic heterocycles. The fourth-order valence-electron chi connectivity index (χ4n) is 4.41. The van der Waals surface area contributed by atoms with E-state index in [1.165, 1.54) is 4.90 Å². The molecule has 1 unspecified atom stereocenters. The lowest BCUT2D eigenvalue weighted by Crippen LogP contribution is -2.48. The summed E-state index contributed by atoms with van der Waals surface area (Å²) < 4.78 is 0. The second kappa shape index (κ2) is 6.63. The normalized spacial score (nSPS) is 26.2. The summed E-state index contributed by atoms with van der Waals surface area (Å²) in [7, 11) is 0. The molecule has 4 rings (SSSR count). The molecule has 0 spiro atoms. The largest absolute Gasteiger partial charge is 0.368 e. The van der Waals surface area contributed by atoms with Crippen LogP contribution in [0.5, 0.6) is 0 Å². The third-order valence-electron chi connectivity index (χ3n) is 5.70. The summed E-state index contributed by atoms with van der Waals surface area (Å²) in [5, 5.41) is 0. The lowest BCUT2D eigenvalue weighted by Gasteiger charge is -2.29. The number of rotatable bonds is 3. The van der Waals surface area contributed by atoms with Gasteiger partial charge in [0.1, 0.15) is 6.04 Å². The molecule has 2 N–H and O–H groups in total. The highest BCUT2D eigenvalue weighted by Crippen LogP contribution is 2.35. The van der Waals surface area contributed by atoms with Gasteiger partial charge in [0.05, 0.1) is 6.04 Å². The van der Waals surface area contributed by atoms with Crippen LogP contribution in [0.1, 0.15) is 38.5 Å². The first-order valence-electron chi connectivity index (χ1n) is 9.37. The minimum absolute atomic E-state index is 0.133. The summed E-state index contributed by atoms with van der Waals surface area (Å²) in [6.45, 7) is 1.39. The summed E-state index contributed by atoms with van der Waals surface area (Å²) in [4.78, 5) is 42.2. The lowest BCUT2D eigenvalue weighted by atomic mass is 9.97. The molecule has 26 heavy (non-hydrogen) atoms. The highest BCUT2D eigenvalue weighted by molar-refractivity contribution is 6.04. The van der Waals surface area contributed by atoms with Gasteiger partial charge in [-0.25, -0.2) is 4.79 Å². The van der Waals surface area contributed by atoms with E-state index < -0.39 is 11.9 Å². The van der Waals surface area contributed by atoms with E-state index in [9.17, 15) is 14.4 Å². The van der Waals surface area contributed by atoms with Crippen LogP contribution in [-0.4, -0.2) is 47.9 Å². The van der Waals surface area contributed by atoms with Crippen molar-refractivity contribution in [3.8, 4) is 0 Å². The van der Waals surface area contributed by atoms with Gasteiger partial charge in [0.2, 0.25) is 11.8 Å². The Bertz CT molecular complexity index is 733. The molecule has 3 aliphatic rings. The Balaban J connectivity index is 1.62. The minimum atomic E-state index is -0.634. The Morgan fingerprint density at radius 3 is 2.35 bits per heavy atom. The number of hydrogen-bond donors (Lipinski definition) is 1. The highest BCUT2D eigenvalue weighted by Gasteiger charge is 2.49. The van der Waals surface area contributed by atoms with Crippen LogP contribution in [-0.2, 0) is 9.59 Å². The monoisotopic (exact) mass is 356 g/mol. The molecule has 4 amide bonds. The van der Waals surface area contributed by atoms with E-state index in [2.05, 4.69) is 0 Å². The predicted octanol–water partition coefficient (Wildman–Crippen LogP) is 1.85. The van der Waals surface area contributed by atoms with Crippen molar-refractivity contribution in [2.24, 2.45) is 5.73 Å². The number of carbonyl (C=O) groups is 3. The van der Waals surface area contributed by atoms with Crippen molar-refractivity contribution in [1.82, 2.24) is 4.90 Å². The summed E-state index contributed by atoms with van der Waals surface area (Å²) in [6.07, 6.45) is 5.27. The van der Waals surface area contributed by atoms with Crippen LogP contribution >= 0.6 is 0 Å². The second-order valence-electron chi connectivity index (χ2n) is 7.28. The van der Waals surface area contributed by atoms with Gasteiger partial charge in [0.25, 0.3) is 0 Å². The van der Waals surface area contributed by atoms with Gasteiger partial charge in [-0.3, -0.25) is 14.5 Å². The quantitative estimate of drug-likeness (QED) is 0.897. The fraction of sp³-hybridized carbons (Fsp3) is 0.526. The van der Waals surface area contributed by atoms with Crippen LogP contribution < -0.4 is 15.5 Å². The Morgan fingerprint density at radius 2 is 1.65 bits per heavy atom. The van der Waals surface area contributed by atoms with E-state index in [1.807, 2.05) is 24.3 Å². The van der Waals surface area contributed by atoms with Crippen molar-refractivity contribution in [2.75, 3.05) is 22.9 Å². The number of hydrogen-bond acceptors (Lipinski definition) is 3. The zero-order valence-electron chi connectivity index (χ0n) is 14.8. The molecule has 7 heteroatoms. The Morgan fingerprint density at radius 1 is 0.962 bits per heavy atom. The zero-order valence-corrected chi connectivity index (χ0v) is 14.8. The highest BCUT2D eigenvalue weighted by atomic mass is 16.2. The van der Waals surface area contributed by atoms with Crippen LogP contribution in [0.4, 0.5) is 16.2 Å². The fourth-order valence-corrected chi connectivity index (χ4v) is 4.41. The maximum atomic E-state index is 12.9. The van der Waals surface area contributed by atoms with Gasteiger partial charge in [0.15, 0.2) is 0 Å². The summed E-state index contributed by atoms with van der Waals surface area (Å²) in [5.74, 6) is -0.337. The molecule has 0 bridgehead atoms. The standard InChI is InChI=1S/C19H24N4O3/c20-18(25)17-15-5-1-3-12-22(15)19(26)23(17)14-9-7-13(8-10-14)21-11-4-2-6-16(21)24/h7-10,15,17H,1-6,11-12H2,(H2,20,25)/t15-,17?/m1/s1. The van der Waals surface area contributed by atoms with Gasteiger partial charge in [0, 0.05) is 30.9 Å². The maximum absolute atomic E-state index is 12.9. The van der Waals surface area contributed by atoms with Crippen LogP contribution in [0.25, 0.3) is 0 Å². The summed E-state index contributed by atoms with van der Waals surface area (Å²) in [6, 6.07) is 6.39. The molecule has 3 saturated heterocycles. The van der Waals surface area contributed by atoms with E-state index in [0.717, 1.165) is 44.3 Å². The van der Waals surface area contributed by atoms with E-state index in [-0.39, 0.29) is 18.0 Å². The molecule has 3 fully saturated rings. The first-order chi connectivity index (χ1) is 12.6. The van der Waals surface area contributed by atoms with Gasteiger partial charge in [-0.2, -0.15) is 0 Å². The summed E-state index contributed by atoms with van der Waals surface area (Å²) in [5.41, 5.74) is 7.13. The second-order valence-corrected chi connectivity index (χ2v) is 7.28. The number of urea groups is 1. The molecule has 1 aromatic rings. The number of anilines is 2. The van der Waals surface area contributed by atoms with Crippen molar-refractivity contribution in [3.63, 3.8) is 0 Å². The minimum Gasteiger partial charge on any atom is -0.368 e. The van der Waals surface area contributed by atoms with Gasteiger partial charge in [-0.1, -0.05) is 0 Å². The molecule has 0 radical (unpaired) electrons. The number of fused-ring (bicyclic) bond motifs is 1. The van der Waals surface area contributed by atoms with Gasteiger partial charge >= 0.3 is 6.03 Å². The third-order valence-corrected chi connectivity index (χ3v) is 5.70. The van der Waals surface area contributed by atoms with Crippen molar-refractivity contribution < 1.29 is 14.4 Å². The molecular weight excluding hydrogens is 332 g/mol. The molecule has 0 aliphatic carbocycles. The molecule has 7 nitrogen and oxygen atoms in total. The average Bonchev–Trinajstić information content (AvgIpc) is 2.96. The number of nitrogens with two attached hydrogens (primary N) is 1. The Kier molecular flexibility index (Phi) is 4.30. The Labute approximate surface area is 152 Å². The molecular formula is C19H24N4O3. The molecule has 3 heterocycles. The van der Waals surface area contributed by atoms with E-state index in [1.54, 1.807) is 9.80 Å². The smallest absolute Gasteiger partial charge is 0.325 e. The van der Waals surface area contributed by atoms with Crippen LogP contribution in [0, 0.1) is 0 Å². The number of carbonyl (C=O) groups excluding carboxylic acids is 3. The number of benzene rings is 1. The molecule has 0 aromatic heterocycles. The van der Waals surface area contributed by atoms with E-state index >= 15 is 0 Å². The maximum Gasteiger partial charge on any atom is 0.325 e. The zero-order chi connectivity index (χ0) is 18.3. The van der Waals surface area contributed by atoms with E-state index in [0.29, 0.717) is 18.7 Å². The molecule has 0 saturated carbocycles. The predicted molar refractivity (Wildman–Crippen MR) is 97.8 cm³/mol. The van der Waals surface area contributed by atoms with Crippen molar-refractivity contribution in [1.29, 1.82) is 0 Å². The number of nitrogens with zero attached hydrogens (tertiary/aromatic N) is 3. The lowest BCUT2D eigenvalue weighted by molar-refractivity contribution is -0.120. The van der Waals surface area contributed by atoms with Gasteiger partial charge < -0.3 is 15.5 Å². The van der Waals surface area contributed by atoms with Crippen LogP contribution in [0.15, 0.2) is 24.3 Å². The van der Waals surface area contributed by atoms with Crippen LogP contribution in [0.3, 0.4) is 0 Å². The topological polar surface area (TPSA) is 86.9 Å². The van der Waals surface area contributed by atoms with Crippen molar-refractivity contribution >= 4 is 29.2 Å². The van der Waals surface area contributed by atoms with E-state index in [4.69, 9.17) is 5.73 Å². The average molecular weight is 356 g/mol. The van der Waals surface area contributed by atoms with Gasteiger partial charge in [-0.15, -0.1) is 0 Å². The number of amides is 4. The Hall–Kier alpha value is -2.57. The van der Waals surface area contributed by atoms with Crippen molar-refractivity contribution in [3.05, 3.63) is 24.3 Å². The molecule has 1 aromatic carbocycles. The first-order valence-corrected chi connectivity index (χ1v) is 9.37.